The van der Waals surface area contributed by atoms with Crippen molar-refractivity contribution >= 4 is 34.0 Å². The molecule has 0 radical (unpaired) electrons. The molecule has 2 heterocycles. The van der Waals surface area contributed by atoms with Gasteiger partial charge in [-0.1, -0.05) is 30.0 Å². The molecule has 0 bridgehead atoms. The van der Waals surface area contributed by atoms with Gasteiger partial charge < -0.3 is 4.90 Å². The van der Waals surface area contributed by atoms with Crippen molar-refractivity contribution < 1.29 is 4.92 Å². The van der Waals surface area contributed by atoms with Gasteiger partial charge in [0.1, 0.15) is 4.32 Å². The van der Waals surface area contributed by atoms with Crippen LogP contribution in [-0.2, 0) is 13.0 Å². The zero-order valence-electron chi connectivity index (χ0n) is 8.96. The number of nitrogens with zero attached hydrogens (tertiary/aromatic N) is 2. The number of hydrogen-bond acceptors (Lipinski definition) is 4. The first-order valence-electron chi connectivity index (χ1n) is 5.35. The van der Waals surface area contributed by atoms with Crippen molar-refractivity contribution in [2.75, 3.05) is 5.75 Å². The molecule has 0 N–H and O–H groups in total. The lowest BCUT2D eigenvalue weighted by atomic mass is 9.95. The lowest BCUT2D eigenvalue weighted by Crippen LogP contribution is -2.38. The summed E-state index contributed by atoms with van der Waals surface area (Å²) in [7, 11) is 0. The molecular formula is C11H10N2O2S2. The van der Waals surface area contributed by atoms with E-state index in [0.29, 0.717) is 12.6 Å². The minimum Gasteiger partial charge on any atom is -0.349 e. The van der Waals surface area contributed by atoms with E-state index in [1.165, 1.54) is 5.56 Å². The van der Waals surface area contributed by atoms with Gasteiger partial charge in [-0.3, -0.25) is 10.1 Å². The fourth-order valence-electron chi connectivity index (χ4n) is 2.36. The second-order valence-corrected chi connectivity index (χ2v) is 5.93. The Morgan fingerprint density at radius 2 is 2.29 bits per heavy atom. The lowest BCUT2D eigenvalue weighted by molar-refractivity contribution is -0.385. The monoisotopic (exact) mass is 266 g/mol. The van der Waals surface area contributed by atoms with Crippen molar-refractivity contribution in [3.63, 3.8) is 0 Å². The molecule has 3 rings (SSSR count). The highest BCUT2D eigenvalue weighted by molar-refractivity contribution is 8.23. The molecule has 1 aromatic carbocycles. The van der Waals surface area contributed by atoms with Crippen molar-refractivity contribution in [3.05, 3.63) is 39.4 Å². The predicted molar refractivity (Wildman–Crippen MR) is 71.2 cm³/mol. The molecule has 0 unspecified atom stereocenters. The second-order valence-electron chi connectivity index (χ2n) is 4.27. The smallest absolute Gasteiger partial charge is 0.269 e. The van der Waals surface area contributed by atoms with E-state index in [2.05, 4.69) is 4.90 Å². The van der Waals surface area contributed by atoms with Gasteiger partial charge in [-0.2, -0.15) is 0 Å². The summed E-state index contributed by atoms with van der Waals surface area (Å²) in [6.07, 6.45) is 0.945. The van der Waals surface area contributed by atoms with Crippen molar-refractivity contribution in [2.45, 2.75) is 19.0 Å². The number of rotatable bonds is 1. The summed E-state index contributed by atoms with van der Waals surface area (Å²) in [4.78, 5) is 12.6. The van der Waals surface area contributed by atoms with Gasteiger partial charge in [0.05, 0.1) is 4.92 Å². The first-order valence-corrected chi connectivity index (χ1v) is 6.74. The minimum absolute atomic E-state index is 0.167. The van der Waals surface area contributed by atoms with E-state index in [1.807, 2.05) is 6.07 Å². The van der Waals surface area contributed by atoms with Crippen molar-refractivity contribution in [2.24, 2.45) is 0 Å². The van der Waals surface area contributed by atoms with Crippen LogP contribution in [0.15, 0.2) is 18.2 Å². The van der Waals surface area contributed by atoms with Crippen LogP contribution in [-0.4, -0.2) is 25.9 Å². The zero-order chi connectivity index (χ0) is 12.0. The van der Waals surface area contributed by atoms with E-state index in [4.69, 9.17) is 12.2 Å². The van der Waals surface area contributed by atoms with Gasteiger partial charge in [-0.05, 0) is 17.5 Å². The fourth-order valence-corrected chi connectivity index (χ4v) is 3.79. The van der Waals surface area contributed by atoms with Crippen LogP contribution in [0.4, 0.5) is 5.69 Å². The topological polar surface area (TPSA) is 46.4 Å². The van der Waals surface area contributed by atoms with Crippen LogP contribution >= 0.6 is 24.0 Å². The summed E-state index contributed by atoms with van der Waals surface area (Å²) in [6, 6.07) is 5.63. The highest BCUT2D eigenvalue weighted by atomic mass is 32.2. The van der Waals surface area contributed by atoms with Gasteiger partial charge in [-0.25, -0.2) is 0 Å². The number of fused-ring (bicyclic) bond motifs is 2. The summed E-state index contributed by atoms with van der Waals surface area (Å²) >= 11 is 6.99. The summed E-state index contributed by atoms with van der Waals surface area (Å²) < 4.78 is 0.923. The van der Waals surface area contributed by atoms with Gasteiger partial charge in [0.25, 0.3) is 5.69 Å². The van der Waals surface area contributed by atoms with E-state index >= 15 is 0 Å². The molecule has 17 heavy (non-hydrogen) atoms. The Morgan fingerprint density at radius 3 is 3.06 bits per heavy atom. The minimum atomic E-state index is -0.344. The van der Waals surface area contributed by atoms with Gasteiger partial charge in [0.15, 0.2) is 0 Å². The number of non-ortho nitro benzene ring substituents is 1. The summed E-state index contributed by atoms with van der Waals surface area (Å²) in [5, 5.41) is 10.7. The van der Waals surface area contributed by atoms with Gasteiger partial charge in [-0.15, -0.1) is 0 Å². The van der Waals surface area contributed by atoms with Crippen LogP contribution < -0.4 is 0 Å². The molecule has 1 atom stereocenters. The molecule has 2 aliphatic rings. The maximum absolute atomic E-state index is 10.7. The number of nitro benzene ring substituents is 1. The molecule has 0 aliphatic carbocycles. The summed E-state index contributed by atoms with van der Waals surface area (Å²) in [5.41, 5.74) is 2.43. The number of nitro groups is 1. The summed E-state index contributed by atoms with van der Waals surface area (Å²) in [6.45, 7) is 0.716. The Kier molecular flexibility index (Phi) is 2.56. The fraction of sp³-hybridized carbons (Fsp3) is 0.364. The van der Waals surface area contributed by atoms with Crippen LogP contribution in [0.1, 0.15) is 11.1 Å². The molecule has 6 heteroatoms. The van der Waals surface area contributed by atoms with Crippen LogP contribution in [0.5, 0.6) is 0 Å². The van der Waals surface area contributed by atoms with Crippen molar-refractivity contribution in [3.8, 4) is 0 Å². The standard InChI is InChI=1S/C11H10N2O2S2/c14-13(15)9-2-1-7-3-10-6-17-11(16)12(10)5-8(7)4-9/h1-2,4,10H,3,5-6H2/t10-/m0/s1. The molecule has 88 valence electrons. The maximum atomic E-state index is 10.7. The third-order valence-electron chi connectivity index (χ3n) is 3.27. The molecular weight excluding hydrogens is 256 g/mol. The highest BCUT2D eigenvalue weighted by Gasteiger charge is 2.33. The Morgan fingerprint density at radius 1 is 1.47 bits per heavy atom. The zero-order valence-corrected chi connectivity index (χ0v) is 10.6. The summed E-state index contributed by atoms with van der Waals surface area (Å²) in [5.74, 6) is 1.04. The molecule has 0 spiro atoms. The Balaban J connectivity index is 1.98. The van der Waals surface area contributed by atoms with Crippen molar-refractivity contribution in [1.82, 2.24) is 4.90 Å². The van der Waals surface area contributed by atoms with Gasteiger partial charge in [0.2, 0.25) is 0 Å². The van der Waals surface area contributed by atoms with Gasteiger partial charge >= 0.3 is 0 Å². The molecule has 1 aromatic rings. The molecule has 1 saturated heterocycles. The number of thioether (sulfide) groups is 1. The van der Waals surface area contributed by atoms with E-state index in [1.54, 1.807) is 23.9 Å². The van der Waals surface area contributed by atoms with E-state index < -0.39 is 0 Å². The molecule has 1 fully saturated rings. The van der Waals surface area contributed by atoms with Crippen LogP contribution in [0, 0.1) is 10.1 Å². The Bertz CT molecular complexity index is 518. The molecule has 4 nitrogen and oxygen atoms in total. The highest BCUT2D eigenvalue weighted by Crippen LogP contribution is 2.34. The third-order valence-corrected chi connectivity index (χ3v) is 4.89. The SMILES string of the molecule is O=[N+]([O-])c1ccc2c(c1)CN1C(=S)SC[C@@H]1C2. The molecule has 2 aliphatic heterocycles. The first-order chi connectivity index (χ1) is 8.15. The molecule has 0 saturated carbocycles. The van der Waals surface area contributed by atoms with E-state index in [9.17, 15) is 10.1 Å². The number of hydrogen-bond donors (Lipinski definition) is 0. The van der Waals surface area contributed by atoms with E-state index in [0.717, 1.165) is 22.1 Å². The average Bonchev–Trinajstić information content (AvgIpc) is 2.67. The van der Waals surface area contributed by atoms with Crippen LogP contribution in [0.25, 0.3) is 0 Å². The largest absolute Gasteiger partial charge is 0.349 e. The normalized spacial score (nSPS) is 22.2. The number of benzene rings is 1. The second kappa shape index (κ2) is 3.96. The average molecular weight is 266 g/mol. The number of thiocarbonyl (C=S) groups is 1. The quantitative estimate of drug-likeness (QED) is 0.443. The molecule has 0 amide bonds. The molecule has 0 aromatic heterocycles. The first kappa shape index (κ1) is 11.0. The third kappa shape index (κ3) is 1.81. The van der Waals surface area contributed by atoms with Crippen LogP contribution in [0.2, 0.25) is 0 Å². The maximum Gasteiger partial charge on any atom is 0.269 e. The Labute approximate surface area is 108 Å². The van der Waals surface area contributed by atoms with E-state index in [-0.39, 0.29) is 10.6 Å². The predicted octanol–water partition coefficient (Wildman–Crippen LogP) is 2.35. The van der Waals surface area contributed by atoms with Gasteiger partial charge in [0, 0.05) is 30.5 Å². The van der Waals surface area contributed by atoms with Crippen molar-refractivity contribution in [1.29, 1.82) is 0 Å². The lowest BCUT2D eigenvalue weighted by Gasteiger charge is -2.31. The van der Waals surface area contributed by atoms with Crippen LogP contribution in [0.3, 0.4) is 0 Å². The Hall–Kier alpha value is -1.14.